The Labute approximate surface area is 257 Å². The average Bonchev–Trinajstić information content (AvgIpc) is 3.62. The lowest BCUT2D eigenvalue weighted by Gasteiger charge is -2.40. The summed E-state index contributed by atoms with van der Waals surface area (Å²) < 4.78 is 17.7. The van der Waals surface area contributed by atoms with Crippen molar-refractivity contribution >= 4 is 34.7 Å². The second kappa shape index (κ2) is 12.4. The van der Waals surface area contributed by atoms with Gasteiger partial charge in [0.25, 0.3) is 5.91 Å². The van der Waals surface area contributed by atoms with Crippen LogP contribution in [0.15, 0.2) is 64.6 Å². The Hall–Kier alpha value is -4.18. The number of benzene rings is 2. The van der Waals surface area contributed by atoms with Crippen molar-refractivity contribution in [3.05, 3.63) is 60.2 Å². The number of carbonyl (C=O) groups excluding carboxylic acids is 3. The zero-order valence-electron chi connectivity index (χ0n) is 25.6. The van der Waals surface area contributed by atoms with Gasteiger partial charge in [0.15, 0.2) is 5.58 Å². The van der Waals surface area contributed by atoms with E-state index in [1.54, 1.807) is 17.0 Å². The van der Waals surface area contributed by atoms with E-state index in [2.05, 4.69) is 16.4 Å². The smallest absolute Gasteiger partial charge is 0.410 e. The molecular weight excluding hydrogens is 560 g/mol. The van der Waals surface area contributed by atoms with Crippen molar-refractivity contribution in [2.75, 3.05) is 25.0 Å². The number of para-hydroxylation sites is 2. The monoisotopic (exact) mass is 600 g/mol. The molecule has 3 unspecified atom stereocenters. The van der Waals surface area contributed by atoms with E-state index in [0.29, 0.717) is 36.8 Å². The molecule has 10 heteroatoms. The van der Waals surface area contributed by atoms with Crippen molar-refractivity contribution in [1.82, 2.24) is 14.8 Å². The number of nitrogens with one attached hydrogen (secondary N) is 1. The number of allylic oxidation sites excluding steroid dienone is 1. The minimum absolute atomic E-state index is 0.124. The second-order valence-corrected chi connectivity index (χ2v) is 12.8. The van der Waals surface area contributed by atoms with E-state index < -0.39 is 23.9 Å². The van der Waals surface area contributed by atoms with Crippen LogP contribution in [0.4, 0.5) is 10.5 Å². The number of amides is 3. The Balaban J connectivity index is 1.12. The summed E-state index contributed by atoms with van der Waals surface area (Å²) in [5.41, 5.74) is 3.60. The van der Waals surface area contributed by atoms with Crippen molar-refractivity contribution in [1.29, 1.82) is 0 Å². The number of ether oxygens (including phenoxy) is 2. The van der Waals surface area contributed by atoms with E-state index in [-0.39, 0.29) is 24.3 Å². The largest absolute Gasteiger partial charge is 0.444 e. The first-order chi connectivity index (χ1) is 21.1. The van der Waals surface area contributed by atoms with Crippen molar-refractivity contribution in [2.45, 2.75) is 83.1 Å². The van der Waals surface area contributed by atoms with Crippen LogP contribution in [-0.2, 0) is 19.1 Å². The summed E-state index contributed by atoms with van der Waals surface area (Å²) >= 11 is 0. The molecule has 44 heavy (non-hydrogen) atoms. The molecule has 2 saturated heterocycles. The van der Waals surface area contributed by atoms with Gasteiger partial charge in [0.1, 0.15) is 17.2 Å². The molecule has 10 nitrogen and oxygen atoms in total. The van der Waals surface area contributed by atoms with E-state index in [1.807, 2.05) is 62.1 Å². The molecule has 0 saturated carbocycles. The highest BCUT2D eigenvalue weighted by Gasteiger charge is 2.49. The fourth-order valence-corrected chi connectivity index (χ4v) is 6.16. The van der Waals surface area contributed by atoms with Gasteiger partial charge in [-0.3, -0.25) is 9.59 Å². The summed E-state index contributed by atoms with van der Waals surface area (Å²) in [6.07, 6.45) is 5.68. The minimum Gasteiger partial charge on any atom is -0.444 e. The van der Waals surface area contributed by atoms with Gasteiger partial charge < -0.3 is 29.0 Å². The van der Waals surface area contributed by atoms with Gasteiger partial charge in [-0.1, -0.05) is 23.8 Å². The van der Waals surface area contributed by atoms with E-state index in [9.17, 15) is 14.4 Å². The van der Waals surface area contributed by atoms with Gasteiger partial charge >= 0.3 is 6.09 Å². The van der Waals surface area contributed by atoms with Gasteiger partial charge in [-0.25, -0.2) is 9.78 Å². The topological polar surface area (TPSA) is 114 Å². The van der Waals surface area contributed by atoms with Crippen LogP contribution in [0.5, 0.6) is 0 Å². The van der Waals surface area contributed by atoms with Gasteiger partial charge in [-0.05, 0) is 89.3 Å². The molecule has 2 fully saturated rings. The quantitative estimate of drug-likeness (QED) is 0.335. The molecule has 2 aliphatic heterocycles. The Morgan fingerprint density at radius 3 is 2.59 bits per heavy atom. The third-order valence-corrected chi connectivity index (χ3v) is 8.33. The van der Waals surface area contributed by atoms with Crippen LogP contribution >= 0.6 is 0 Å². The minimum atomic E-state index is -0.936. The van der Waals surface area contributed by atoms with Gasteiger partial charge in [-0.2, -0.15) is 0 Å². The summed E-state index contributed by atoms with van der Waals surface area (Å²) in [5, 5.41) is 2.89. The predicted molar refractivity (Wildman–Crippen MR) is 166 cm³/mol. The molecule has 3 aromatic rings. The maximum atomic E-state index is 13.8. The van der Waals surface area contributed by atoms with Crippen LogP contribution < -0.4 is 5.32 Å². The molecular formula is C34H40N4O6. The van der Waals surface area contributed by atoms with E-state index in [1.165, 1.54) is 18.4 Å². The van der Waals surface area contributed by atoms with E-state index >= 15 is 0 Å². The first-order valence-electron chi connectivity index (χ1n) is 15.5. The Morgan fingerprint density at radius 1 is 1.07 bits per heavy atom. The number of anilines is 1. The van der Waals surface area contributed by atoms with Crippen LogP contribution in [0.3, 0.4) is 0 Å². The van der Waals surface area contributed by atoms with Crippen molar-refractivity contribution in [3.63, 3.8) is 0 Å². The molecule has 1 aromatic heterocycles. The second-order valence-electron chi connectivity index (χ2n) is 12.8. The lowest BCUT2D eigenvalue weighted by Crippen LogP contribution is -2.58. The zero-order chi connectivity index (χ0) is 30.8. The molecule has 0 bridgehead atoms. The third-order valence-electron chi connectivity index (χ3n) is 8.33. The number of hydrogen-bond acceptors (Lipinski definition) is 7. The van der Waals surface area contributed by atoms with Crippen LogP contribution in [0.2, 0.25) is 0 Å². The van der Waals surface area contributed by atoms with Crippen molar-refractivity contribution in [3.8, 4) is 11.5 Å². The Kier molecular flexibility index (Phi) is 8.44. The highest BCUT2D eigenvalue weighted by atomic mass is 16.6. The van der Waals surface area contributed by atoms with Gasteiger partial charge in [-0.15, -0.1) is 0 Å². The highest BCUT2D eigenvalue weighted by Crippen LogP contribution is 2.31. The summed E-state index contributed by atoms with van der Waals surface area (Å²) in [6.45, 7) is 6.67. The maximum absolute atomic E-state index is 13.8. The molecule has 3 heterocycles. The van der Waals surface area contributed by atoms with Crippen LogP contribution in [0.1, 0.15) is 59.3 Å². The molecule has 232 valence electrons. The fraction of sp³-hybridized carbons (Fsp3) is 0.471. The SMILES string of the molecule is CC(C)(C)OC(=O)N1CC2OC(CC(=O)Nc3ccc(-c4nc5ccccc5o4)cc3)C(=O)N(CCC3=CCCCC3)C2C1. The summed E-state index contributed by atoms with van der Waals surface area (Å²) in [7, 11) is 0. The number of fused-ring (bicyclic) bond motifs is 2. The highest BCUT2D eigenvalue weighted by molar-refractivity contribution is 5.95. The number of aromatic nitrogens is 1. The molecule has 3 atom stereocenters. The first-order valence-corrected chi connectivity index (χ1v) is 15.5. The van der Waals surface area contributed by atoms with Crippen LogP contribution in [-0.4, -0.2) is 76.2 Å². The van der Waals surface area contributed by atoms with Crippen molar-refractivity contribution in [2.24, 2.45) is 0 Å². The van der Waals surface area contributed by atoms with E-state index in [4.69, 9.17) is 13.9 Å². The lowest BCUT2D eigenvalue weighted by molar-refractivity contribution is -0.168. The molecule has 2 aromatic carbocycles. The van der Waals surface area contributed by atoms with Gasteiger partial charge in [0.2, 0.25) is 11.8 Å². The standard InChI is InChI=1S/C34H40N4O6/c1-34(2,3)44-33(41)37-20-26-29(21-37)42-28(32(40)38(26)18-17-22-9-5-4-6-10-22)19-30(39)35-24-15-13-23(14-16-24)31-36-25-11-7-8-12-27(25)43-31/h7-9,11-16,26,28-29H,4-6,10,17-21H2,1-3H3,(H,35,39). The van der Waals surface area contributed by atoms with Crippen molar-refractivity contribution < 1.29 is 28.3 Å². The molecule has 1 N–H and O–H groups in total. The molecule has 0 radical (unpaired) electrons. The number of hydrogen-bond donors (Lipinski definition) is 1. The van der Waals surface area contributed by atoms with Gasteiger partial charge in [0, 0.05) is 24.3 Å². The third kappa shape index (κ3) is 6.80. The first kappa shape index (κ1) is 29.9. The number of likely N-dealkylation sites (tertiary alicyclic amines) is 1. The Bertz CT molecular complexity index is 1520. The lowest BCUT2D eigenvalue weighted by atomic mass is 9.96. The average molecular weight is 601 g/mol. The van der Waals surface area contributed by atoms with E-state index in [0.717, 1.165) is 30.3 Å². The summed E-state index contributed by atoms with van der Waals surface area (Å²) in [6, 6.07) is 14.5. The Morgan fingerprint density at radius 2 is 1.86 bits per heavy atom. The number of rotatable bonds is 7. The fourth-order valence-electron chi connectivity index (χ4n) is 6.16. The predicted octanol–water partition coefficient (Wildman–Crippen LogP) is 5.93. The summed E-state index contributed by atoms with van der Waals surface area (Å²) in [5.74, 6) is -0.0376. The van der Waals surface area contributed by atoms with Crippen LogP contribution in [0.25, 0.3) is 22.6 Å². The molecule has 0 spiro atoms. The van der Waals surface area contributed by atoms with Gasteiger partial charge in [0.05, 0.1) is 25.1 Å². The number of nitrogens with zero attached hydrogens (tertiary/aromatic N) is 3. The number of oxazole rings is 1. The molecule has 6 rings (SSSR count). The number of carbonyl (C=O) groups is 3. The normalized spacial score (nSPS) is 22.1. The molecule has 3 amide bonds. The molecule has 1 aliphatic carbocycles. The molecule has 3 aliphatic rings. The zero-order valence-corrected chi connectivity index (χ0v) is 25.6. The maximum Gasteiger partial charge on any atom is 0.410 e. The number of morpholine rings is 1. The summed E-state index contributed by atoms with van der Waals surface area (Å²) in [4.78, 5) is 47.8. The van der Waals surface area contributed by atoms with Crippen LogP contribution in [0, 0.1) is 0 Å².